The maximum atomic E-state index is 13.0. The van der Waals surface area contributed by atoms with Crippen LogP contribution in [0.4, 0.5) is 5.13 Å². The zero-order valence-corrected chi connectivity index (χ0v) is 21.1. The van der Waals surface area contributed by atoms with E-state index in [9.17, 15) is 19.5 Å². The number of anilines is 1. The fourth-order valence-corrected chi connectivity index (χ4v) is 6.66. The average Bonchev–Trinajstić information content (AvgIpc) is 3.47. The fraction of sp³-hybridized carbons (Fsp3) is 0.389. The van der Waals surface area contributed by atoms with Crippen molar-refractivity contribution < 1.29 is 24.3 Å². The van der Waals surface area contributed by atoms with Crippen LogP contribution in [0.3, 0.4) is 0 Å². The quantitative estimate of drug-likeness (QED) is 0.180. The number of hydrogen-bond acceptors (Lipinski definition) is 13. The number of nitrogen functional groups attached to an aromatic ring is 1. The monoisotopic (exact) mass is 541 g/mol. The second-order valence-corrected chi connectivity index (χ2v) is 11.3. The van der Waals surface area contributed by atoms with Gasteiger partial charge in [0.15, 0.2) is 15.2 Å². The van der Waals surface area contributed by atoms with Crippen LogP contribution < -0.4 is 11.1 Å². The Hall–Kier alpha value is -2.69. The molecule has 0 radical (unpaired) electrons. The van der Waals surface area contributed by atoms with Crippen LogP contribution >= 0.6 is 46.2 Å². The summed E-state index contributed by atoms with van der Waals surface area (Å²) in [5, 5.41) is 25.3. The molecule has 0 aromatic carbocycles. The van der Waals surface area contributed by atoms with E-state index in [1.165, 1.54) is 39.8 Å². The Balaban J connectivity index is 1.50. The van der Waals surface area contributed by atoms with Crippen LogP contribution in [0.1, 0.15) is 19.5 Å². The van der Waals surface area contributed by atoms with Crippen LogP contribution in [0.2, 0.25) is 0 Å². The lowest BCUT2D eigenvalue weighted by molar-refractivity contribution is -0.150. The summed E-state index contributed by atoms with van der Waals surface area (Å²) in [4.78, 5) is 48.4. The van der Waals surface area contributed by atoms with Crippen molar-refractivity contribution in [3.63, 3.8) is 0 Å². The summed E-state index contributed by atoms with van der Waals surface area (Å²) < 4.78 is 0.711. The first-order valence-electron chi connectivity index (χ1n) is 9.81. The van der Waals surface area contributed by atoms with Gasteiger partial charge in [-0.05, 0) is 19.4 Å². The van der Waals surface area contributed by atoms with Gasteiger partial charge in [-0.15, -0.1) is 33.3 Å². The lowest BCUT2D eigenvalue weighted by atomic mass is 10.0. The Morgan fingerprint density at radius 3 is 2.85 bits per heavy atom. The predicted octanol–water partition coefficient (Wildman–Crippen LogP) is 1.24. The van der Waals surface area contributed by atoms with Crippen molar-refractivity contribution in [2.24, 2.45) is 5.16 Å². The van der Waals surface area contributed by atoms with Gasteiger partial charge < -0.3 is 21.0 Å². The molecule has 34 heavy (non-hydrogen) atoms. The minimum atomic E-state index is -1.19. The second kappa shape index (κ2) is 10.3. The van der Waals surface area contributed by atoms with Crippen molar-refractivity contribution in [3.8, 4) is 0 Å². The third-order valence-electron chi connectivity index (χ3n) is 4.58. The number of carbonyl (C=O) groups is 3. The molecule has 2 amide bonds. The Morgan fingerprint density at radius 1 is 1.44 bits per heavy atom. The SMILES string of the molecule is CC(C)O/N=C(/C(=O)NC1C(=O)N2C(C(=O)O)=C(CSc3nncs3)CSC12)c1csc(N)n1. The smallest absolute Gasteiger partial charge is 0.352 e. The molecule has 2 aromatic rings. The molecule has 0 saturated carbocycles. The highest BCUT2D eigenvalue weighted by atomic mass is 32.2. The number of nitrogens with zero attached hydrogens (tertiary/aromatic N) is 5. The van der Waals surface area contributed by atoms with E-state index in [-0.39, 0.29) is 28.3 Å². The number of thioether (sulfide) groups is 2. The van der Waals surface area contributed by atoms with Gasteiger partial charge in [-0.3, -0.25) is 14.5 Å². The summed E-state index contributed by atoms with van der Waals surface area (Å²) in [5.41, 5.74) is 7.94. The molecule has 0 spiro atoms. The van der Waals surface area contributed by atoms with Crippen molar-refractivity contribution in [1.82, 2.24) is 25.4 Å². The lowest BCUT2D eigenvalue weighted by Gasteiger charge is -2.49. The highest BCUT2D eigenvalue weighted by molar-refractivity contribution is 8.01. The first-order valence-corrected chi connectivity index (χ1v) is 13.6. The first-order chi connectivity index (χ1) is 16.3. The summed E-state index contributed by atoms with van der Waals surface area (Å²) in [5.74, 6) is -1.60. The maximum Gasteiger partial charge on any atom is 0.352 e. The molecule has 2 unspecified atom stereocenters. The normalized spacial score (nSPS) is 20.3. The number of hydrogen-bond donors (Lipinski definition) is 3. The van der Waals surface area contributed by atoms with Gasteiger partial charge in [0.2, 0.25) is 0 Å². The number of rotatable bonds is 9. The topological polar surface area (TPSA) is 173 Å². The van der Waals surface area contributed by atoms with Crippen LogP contribution in [-0.4, -0.2) is 77.7 Å². The molecule has 1 fully saturated rings. The number of nitrogens with two attached hydrogens (primary N) is 1. The molecule has 1 saturated heterocycles. The van der Waals surface area contributed by atoms with Gasteiger partial charge in [-0.25, -0.2) is 9.78 Å². The Kier molecular flexibility index (Phi) is 7.39. The average molecular weight is 542 g/mol. The van der Waals surface area contributed by atoms with Crippen molar-refractivity contribution in [2.75, 3.05) is 17.2 Å². The van der Waals surface area contributed by atoms with Gasteiger partial charge in [-0.2, -0.15) is 0 Å². The van der Waals surface area contributed by atoms with Gasteiger partial charge in [0, 0.05) is 16.9 Å². The molecule has 16 heteroatoms. The molecular weight excluding hydrogens is 523 g/mol. The summed E-state index contributed by atoms with van der Waals surface area (Å²) in [6.07, 6.45) is -0.284. The molecule has 12 nitrogen and oxygen atoms in total. The zero-order chi connectivity index (χ0) is 24.4. The van der Waals surface area contributed by atoms with Gasteiger partial charge in [0.25, 0.3) is 11.8 Å². The van der Waals surface area contributed by atoms with Crippen molar-refractivity contribution in [1.29, 1.82) is 0 Å². The van der Waals surface area contributed by atoms with Crippen molar-refractivity contribution >= 4 is 74.8 Å². The largest absolute Gasteiger partial charge is 0.477 e. The second-order valence-electron chi connectivity index (χ2n) is 7.28. The van der Waals surface area contributed by atoms with E-state index in [0.29, 0.717) is 21.4 Å². The lowest BCUT2D eigenvalue weighted by Crippen LogP contribution is -2.71. The number of β-lactam (4-membered cyclic amide) rings is 1. The molecule has 0 bridgehead atoms. The van der Waals surface area contributed by atoms with Gasteiger partial charge in [0.05, 0.1) is 0 Å². The number of carbonyl (C=O) groups excluding carboxylic acids is 2. The van der Waals surface area contributed by atoms with Crippen LogP contribution in [0.15, 0.2) is 31.7 Å². The van der Waals surface area contributed by atoms with E-state index in [4.69, 9.17) is 10.6 Å². The summed E-state index contributed by atoms with van der Waals surface area (Å²) >= 11 is 5.24. The number of oxime groups is 1. The first kappa shape index (κ1) is 24.4. The number of aliphatic carboxylic acids is 1. The molecule has 2 aliphatic heterocycles. The molecule has 4 rings (SSSR count). The van der Waals surface area contributed by atoms with Crippen molar-refractivity contribution in [2.45, 2.75) is 35.7 Å². The summed E-state index contributed by atoms with van der Waals surface area (Å²) in [6.45, 7) is 3.50. The minimum absolute atomic E-state index is 0.0550. The van der Waals surface area contributed by atoms with E-state index in [0.717, 1.165) is 11.3 Å². The molecule has 180 valence electrons. The zero-order valence-electron chi connectivity index (χ0n) is 17.8. The van der Waals surface area contributed by atoms with Crippen LogP contribution in [-0.2, 0) is 19.2 Å². The number of fused-ring (bicyclic) bond motifs is 1. The fourth-order valence-electron chi connectivity index (χ4n) is 3.14. The van der Waals surface area contributed by atoms with Crippen LogP contribution in [0.5, 0.6) is 0 Å². The Bertz CT molecular complexity index is 1160. The van der Waals surface area contributed by atoms with E-state index in [1.807, 2.05) is 0 Å². The number of thiazole rings is 1. The minimum Gasteiger partial charge on any atom is -0.477 e. The number of amides is 2. The number of aromatic nitrogens is 3. The highest BCUT2D eigenvalue weighted by Crippen LogP contribution is 2.41. The molecule has 4 N–H and O–H groups in total. The van der Waals surface area contributed by atoms with Crippen LogP contribution in [0, 0.1) is 0 Å². The maximum absolute atomic E-state index is 13.0. The summed E-state index contributed by atoms with van der Waals surface area (Å²) in [7, 11) is 0. The van der Waals surface area contributed by atoms with E-state index < -0.39 is 29.2 Å². The van der Waals surface area contributed by atoms with E-state index >= 15 is 0 Å². The number of carboxylic acid groups (broad SMARTS) is 1. The van der Waals surface area contributed by atoms with Gasteiger partial charge in [0.1, 0.15) is 34.4 Å². The van der Waals surface area contributed by atoms with Gasteiger partial charge in [-0.1, -0.05) is 28.3 Å². The highest BCUT2D eigenvalue weighted by Gasteiger charge is 2.54. The molecular formula is C18H19N7O5S4. The molecule has 2 aromatic heterocycles. The van der Waals surface area contributed by atoms with E-state index in [1.54, 1.807) is 24.7 Å². The van der Waals surface area contributed by atoms with Crippen molar-refractivity contribution in [3.05, 3.63) is 27.9 Å². The Morgan fingerprint density at radius 2 is 2.24 bits per heavy atom. The number of nitrogens with one attached hydrogen (secondary N) is 1. The molecule has 2 aliphatic rings. The molecule has 4 heterocycles. The van der Waals surface area contributed by atoms with Gasteiger partial charge >= 0.3 is 5.97 Å². The third kappa shape index (κ3) is 5.03. The molecule has 0 aliphatic carbocycles. The van der Waals surface area contributed by atoms with Crippen LogP contribution in [0.25, 0.3) is 0 Å². The third-order valence-corrected chi connectivity index (χ3v) is 8.54. The summed E-state index contributed by atoms with van der Waals surface area (Å²) in [6, 6.07) is -0.913. The Labute approximate surface area is 210 Å². The number of carboxylic acids is 1. The van der Waals surface area contributed by atoms with E-state index in [2.05, 4.69) is 25.7 Å². The molecule has 2 atom stereocenters. The predicted molar refractivity (Wildman–Crippen MR) is 130 cm³/mol. The standard InChI is InChI=1S/C18H19N7O5S4/c1-7(2)30-24-10(9-5-32-17(19)21-9)13(26)22-11-14(27)25-12(16(28)29)8(3-31-15(11)25)4-33-18-23-20-6-34-18/h5-7,11,15H,3-4H2,1-2H3,(H2,19,21)(H,22,26)(H,28,29)/b24-10+.